The molecule has 0 bridgehead atoms. The minimum atomic E-state index is -1.39. The van der Waals surface area contributed by atoms with Gasteiger partial charge in [0, 0.05) is 11.1 Å². The van der Waals surface area contributed by atoms with Crippen LogP contribution >= 0.6 is 0 Å². The molecule has 256 valence electrons. The van der Waals surface area contributed by atoms with Crippen LogP contribution in [-0.2, 0) is 5.54 Å². The highest BCUT2D eigenvalue weighted by Gasteiger charge is 2.47. The Hall–Kier alpha value is -6.36. The number of rotatable bonds is 9. The topological polar surface area (TPSA) is 86.0 Å². The van der Waals surface area contributed by atoms with Crippen molar-refractivity contribution in [2.75, 3.05) is 28.4 Å². The number of nitrogens with zero attached hydrogens (tertiary/aromatic N) is 3. The van der Waals surface area contributed by atoms with Crippen LogP contribution in [0.3, 0.4) is 0 Å². The summed E-state index contributed by atoms with van der Waals surface area (Å²) < 4.78 is 67.8. The van der Waals surface area contributed by atoms with Gasteiger partial charge in [0.05, 0.1) is 45.4 Å². The second kappa shape index (κ2) is 13.5. The Morgan fingerprint density at radius 3 is 1.61 bits per heavy atom. The van der Waals surface area contributed by atoms with E-state index < -0.39 is 28.6 Å². The zero-order valence-corrected chi connectivity index (χ0v) is 28.0. The molecule has 0 unspecified atom stereocenters. The van der Waals surface area contributed by atoms with Gasteiger partial charge in [0.2, 0.25) is 0 Å². The lowest BCUT2D eigenvalue weighted by Gasteiger charge is -2.33. The highest BCUT2D eigenvalue weighted by molar-refractivity contribution is 6.55. The zero-order chi connectivity index (χ0) is 35.7. The van der Waals surface area contributed by atoms with E-state index in [1.54, 1.807) is 45.6 Å². The fraction of sp³-hybridized carbons (Fsp3) is 0.125. The first kappa shape index (κ1) is 33.2. The number of methoxy groups -OCH3 is 4. The van der Waals surface area contributed by atoms with Crippen LogP contribution in [0.25, 0.3) is 0 Å². The molecule has 8 nitrogen and oxygen atoms in total. The average molecular weight is 689 g/mol. The lowest BCUT2D eigenvalue weighted by atomic mass is 9.77. The molecule has 2 aliphatic heterocycles. The van der Waals surface area contributed by atoms with Crippen molar-refractivity contribution >= 4 is 17.1 Å². The second-order valence-corrected chi connectivity index (χ2v) is 11.6. The van der Waals surface area contributed by atoms with Gasteiger partial charge in [0.1, 0.15) is 40.1 Å². The van der Waals surface area contributed by atoms with Crippen LogP contribution in [0.15, 0.2) is 136 Å². The number of benzene rings is 5. The SMILES string of the molecule is COc1cccc(C2=NC(=C3N=C(c4cccc(OC)c4)C(c4cccc(OC)c4)(c4cccc(OC)c4)N3)N=C2c2c(F)ccc(F)c2F)c1. The Morgan fingerprint density at radius 2 is 1.02 bits per heavy atom. The molecule has 0 atom stereocenters. The van der Waals surface area contributed by atoms with E-state index in [9.17, 15) is 4.39 Å². The second-order valence-electron chi connectivity index (χ2n) is 11.6. The fourth-order valence-electron chi connectivity index (χ4n) is 6.25. The largest absolute Gasteiger partial charge is 0.497 e. The van der Waals surface area contributed by atoms with E-state index in [1.165, 1.54) is 7.11 Å². The monoisotopic (exact) mass is 688 g/mol. The predicted octanol–water partition coefficient (Wildman–Crippen LogP) is 7.59. The number of halogens is 3. The van der Waals surface area contributed by atoms with E-state index in [2.05, 4.69) is 10.3 Å². The van der Waals surface area contributed by atoms with E-state index in [0.29, 0.717) is 39.8 Å². The van der Waals surface area contributed by atoms with Gasteiger partial charge in [-0.1, -0.05) is 48.5 Å². The standard InChI is InChI=1S/C40H31F3N4O4/c1-48-27-13-5-9-23(19-27)35-36(33-31(41)17-18-32(42)34(33)43)45-38(44-35)39-46-37(24-10-6-14-28(20-24)49-2)40(47-39,25-11-7-15-29(21-25)50-3)26-12-8-16-30(22-26)51-4/h5-22,47H,1-4H3. The maximum atomic E-state index is 15.4. The molecule has 1 N–H and O–H groups in total. The molecule has 2 heterocycles. The molecule has 7 rings (SSSR count). The highest BCUT2D eigenvalue weighted by Crippen LogP contribution is 2.43. The zero-order valence-electron chi connectivity index (χ0n) is 28.0. The molecule has 0 radical (unpaired) electrons. The third-order valence-electron chi connectivity index (χ3n) is 8.73. The molecular weight excluding hydrogens is 657 g/mol. The van der Waals surface area contributed by atoms with Crippen molar-refractivity contribution in [1.29, 1.82) is 0 Å². The fourth-order valence-corrected chi connectivity index (χ4v) is 6.25. The summed E-state index contributed by atoms with van der Waals surface area (Å²) in [6.07, 6.45) is 0. The molecule has 0 amide bonds. The van der Waals surface area contributed by atoms with Gasteiger partial charge >= 0.3 is 0 Å². The Bertz CT molecular complexity index is 2250. The molecular formula is C40H31F3N4O4. The Balaban J connectivity index is 1.55. The van der Waals surface area contributed by atoms with Crippen molar-refractivity contribution in [3.8, 4) is 23.0 Å². The summed E-state index contributed by atoms with van der Waals surface area (Å²) in [5.41, 5.74) is 1.18. The number of ether oxygens (including phenoxy) is 4. The van der Waals surface area contributed by atoms with Gasteiger partial charge < -0.3 is 24.3 Å². The smallest absolute Gasteiger partial charge is 0.196 e. The van der Waals surface area contributed by atoms with Crippen molar-refractivity contribution in [1.82, 2.24) is 5.32 Å². The van der Waals surface area contributed by atoms with Gasteiger partial charge in [0.25, 0.3) is 0 Å². The molecule has 5 aromatic carbocycles. The summed E-state index contributed by atoms with van der Waals surface area (Å²) in [5, 5.41) is 3.60. The van der Waals surface area contributed by atoms with Crippen LogP contribution in [-0.4, -0.2) is 45.6 Å². The highest BCUT2D eigenvalue weighted by atomic mass is 19.2. The number of hydrogen-bond acceptors (Lipinski definition) is 8. The van der Waals surface area contributed by atoms with Crippen LogP contribution in [0.4, 0.5) is 13.2 Å². The first-order chi connectivity index (χ1) is 24.8. The molecule has 11 heteroatoms. The molecule has 0 fully saturated rings. The third kappa shape index (κ3) is 5.86. The van der Waals surface area contributed by atoms with Crippen molar-refractivity contribution in [3.05, 3.63) is 166 Å². The molecule has 0 aliphatic carbocycles. The molecule has 0 saturated heterocycles. The lowest BCUT2D eigenvalue weighted by molar-refractivity contribution is 0.411. The maximum Gasteiger partial charge on any atom is 0.196 e. The third-order valence-corrected chi connectivity index (χ3v) is 8.73. The summed E-state index contributed by atoms with van der Waals surface area (Å²) in [5.74, 6) is -1.16. The van der Waals surface area contributed by atoms with Crippen molar-refractivity contribution in [3.63, 3.8) is 0 Å². The summed E-state index contributed by atoms with van der Waals surface area (Å²) in [6.45, 7) is 0. The summed E-state index contributed by atoms with van der Waals surface area (Å²) in [7, 11) is 6.24. The van der Waals surface area contributed by atoms with Gasteiger partial charge in [-0.05, 0) is 71.8 Å². The lowest BCUT2D eigenvalue weighted by Crippen LogP contribution is -2.45. The summed E-state index contributed by atoms with van der Waals surface area (Å²) >= 11 is 0. The van der Waals surface area contributed by atoms with Crippen LogP contribution in [0.5, 0.6) is 23.0 Å². The van der Waals surface area contributed by atoms with Crippen molar-refractivity contribution in [2.24, 2.45) is 15.0 Å². The number of nitrogens with one attached hydrogen (secondary N) is 1. The van der Waals surface area contributed by atoms with E-state index in [-0.39, 0.29) is 23.1 Å². The van der Waals surface area contributed by atoms with E-state index in [1.807, 2.05) is 72.8 Å². The summed E-state index contributed by atoms with van der Waals surface area (Å²) in [4.78, 5) is 14.6. The summed E-state index contributed by atoms with van der Waals surface area (Å²) in [6, 6.07) is 30.8. The molecule has 5 aromatic rings. The Labute approximate surface area is 292 Å². The average Bonchev–Trinajstić information content (AvgIpc) is 3.80. The molecule has 0 spiro atoms. The Kier molecular flexibility index (Phi) is 8.78. The number of aliphatic imine (C=N–C) groups is 3. The van der Waals surface area contributed by atoms with Crippen molar-refractivity contribution in [2.45, 2.75) is 5.54 Å². The van der Waals surface area contributed by atoms with Gasteiger partial charge in [-0.3, -0.25) is 0 Å². The van der Waals surface area contributed by atoms with Crippen LogP contribution in [0.2, 0.25) is 0 Å². The van der Waals surface area contributed by atoms with Gasteiger partial charge in [-0.15, -0.1) is 0 Å². The van der Waals surface area contributed by atoms with E-state index in [0.717, 1.165) is 23.3 Å². The predicted molar refractivity (Wildman–Crippen MR) is 189 cm³/mol. The van der Waals surface area contributed by atoms with E-state index >= 15 is 8.78 Å². The van der Waals surface area contributed by atoms with Gasteiger partial charge in [-0.25, -0.2) is 28.1 Å². The number of hydrogen-bond donors (Lipinski definition) is 1. The van der Waals surface area contributed by atoms with E-state index in [4.69, 9.17) is 28.9 Å². The first-order valence-electron chi connectivity index (χ1n) is 15.8. The maximum absolute atomic E-state index is 15.4. The molecule has 2 aliphatic rings. The van der Waals surface area contributed by atoms with Gasteiger partial charge in [-0.2, -0.15) is 0 Å². The molecule has 51 heavy (non-hydrogen) atoms. The van der Waals surface area contributed by atoms with Crippen molar-refractivity contribution < 1.29 is 32.1 Å². The first-order valence-corrected chi connectivity index (χ1v) is 15.8. The van der Waals surface area contributed by atoms with Crippen LogP contribution in [0, 0.1) is 17.5 Å². The molecule has 0 saturated carbocycles. The minimum Gasteiger partial charge on any atom is -0.497 e. The Morgan fingerprint density at radius 1 is 0.529 bits per heavy atom. The quantitative estimate of drug-likeness (QED) is 0.161. The van der Waals surface area contributed by atoms with Gasteiger partial charge in [0.15, 0.2) is 23.3 Å². The normalized spacial score (nSPS) is 16.2. The molecule has 0 aromatic heterocycles. The van der Waals surface area contributed by atoms with Crippen LogP contribution in [0.1, 0.15) is 27.8 Å². The van der Waals surface area contributed by atoms with Crippen LogP contribution < -0.4 is 24.3 Å². The minimum absolute atomic E-state index is 0.0129.